The average molecular weight is 334 g/mol. The Kier molecular flexibility index (Phi) is 4.66. The minimum atomic E-state index is -0.322. The highest BCUT2D eigenvalue weighted by atomic mass is 16.3. The molecule has 0 bridgehead atoms. The monoisotopic (exact) mass is 334 g/mol. The van der Waals surface area contributed by atoms with Gasteiger partial charge < -0.3 is 15.1 Å². The molecule has 1 heterocycles. The van der Waals surface area contributed by atoms with Crippen molar-refractivity contribution in [2.75, 3.05) is 10.6 Å². The topological polar surface area (TPSA) is 71.3 Å². The molecule has 3 rings (SSSR count). The first-order valence-corrected chi connectivity index (χ1v) is 7.87. The molecule has 0 unspecified atom stereocenters. The van der Waals surface area contributed by atoms with E-state index in [0.29, 0.717) is 16.9 Å². The van der Waals surface area contributed by atoms with E-state index in [-0.39, 0.29) is 17.6 Å². The standard InChI is InChI=1S/C20H18N2O3/c1-13-5-3-6-17(14(13)2)19(23)21-15-8-10-16(11-9-15)22-20(24)18-7-4-12-25-18/h3-12H,1-2H3,(H,21,23)(H,22,24). The molecule has 0 spiro atoms. The summed E-state index contributed by atoms with van der Waals surface area (Å²) in [5, 5.41) is 5.59. The van der Waals surface area contributed by atoms with Crippen LogP contribution < -0.4 is 10.6 Å². The molecule has 2 aromatic carbocycles. The smallest absolute Gasteiger partial charge is 0.291 e. The largest absolute Gasteiger partial charge is 0.459 e. The Hall–Kier alpha value is -3.34. The number of nitrogens with one attached hydrogen (secondary N) is 2. The number of benzene rings is 2. The van der Waals surface area contributed by atoms with Crippen LogP contribution in [0.15, 0.2) is 65.3 Å². The summed E-state index contributed by atoms with van der Waals surface area (Å²) in [6, 6.07) is 15.8. The lowest BCUT2D eigenvalue weighted by molar-refractivity contribution is 0.0994. The van der Waals surface area contributed by atoms with Gasteiger partial charge in [-0.15, -0.1) is 0 Å². The van der Waals surface area contributed by atoms with Gasteiger partial charge in [0.15, 0.2) is 5.76 Å². The number of carbonyl (C=O) groups is 2. The van der Waals surface area contributed by atoms with Crippen LogP contribution in [-0.4, -0.2) is 11.8 Å². The van der Waals surface area contributed by atoms with Gasteiger partial charge in [-0.1, -0.05) is 12.1 Å². The zero-order valence-corrected chi connectivity index (χ0v) is 14.0. The normalized spacial score (nSPS) is 10.3. The number of rotatable bonds is 4. The maximum Gasteiger partial charge on any atom is 0.291 e. The summed E-state index contributed by atoms with van der Waals surface area (Å²) in [5.74, 6) is -0.238. The van der Waals surface area contributed by atoms with Crippen molar-refractivity contribution in [3.8, 4) is 0 Å². The van der Waals surface area contributed by atoms with E-state index < -0.39 is 0 Å². The highest BCUT2D eigenvalue weighted by molar-refractivity contribution is 6.06. The Morgan fingerprint density at radius 1 is 0.800 bits per heavy atom. The Bertz CT molecular complexity index is 897. The first kappa shape index (κ1) is 16.5. The molecular weight excluding hydrogens is 316 g/mol. The van der Waals surface area contributed by atoms with Crippen LogP contribution in [0.1, 0.15) is 32.0 Å². The summed E-state index contributed by atoms with van der Waals surface area (Å²) in [7, 11) is 0. The van der Waals surface area contributed by atoms with Crippen molar-refractivity contribution in [3.05, 3.63) is 83.3 Å². The zero-order chi connectivity index (χ0) is 17.8. The van der Waals surface area contributed by atoms with Crippen molar-refractivity contribution in [2.24, 2.45) is 0 Å². The van der Waals surface area contributed by atoms with Crippen LogP contribution in [0.4, 0.5) is 11.4 Å². The summed E-state index contributed by atoms with van der Waals surface area (Å²) < 4.78 is 5.04. The number of furan rings is 1. The second-order valence-corrected chi connectivity index (χ2v) is 5.71. The lowest BCUT2D eigenvalue weighted by Crippen LogP contribution is -2.14. The molecule has 25 heavy (non-hydrogen) atoms. The lowest BCUT2D eigenvalue weighted by Gasteiger charge is -2.10. The summed E-state index contributed by atoms with van der Waals surface area (Å²) in [5.41, 5.74) is 3.95. The van der Waals surface area contributed by atoms with Gasteiger partial charge in [-0.25, -0.2) is 0 Å². The quantitative estimate of drug-likeness (QED) is 0.743. The van der Waals surface area contributed by atoms with Crippen LogP contribution in [0.5, 0.6) is 0 Å². The molecule has 0 aliphatic heterocycles. The van der Waals surface area contributed by atoms with E-state index in [1.807, 2.05) is 26.0 Å². The van der Waals surface area contributed by atoms with Crippen LogP contribution >= 0.6 is 0 Å². The Morgan fingerprint density at radius 2 is 1.44 bits per heavy atom. The fraction of sp³-hybridized carbons (Fsp3) is 0.100. The molecule has 0 aliphatic carbocycles. The van der Waals surface area contributed by atoms with E-state index in [1.165, 1.54) is 6.26 Å². The van der Waals surface area contributed by atoms with E-state index >= 15 is 0 Å². The molecule has 5 nitrogen and oxygen atoms in total. The summed E-state index contributed by atoms with van der Waals surface area (Å²) in [4.78, 5) is 24.3. The highest BCUT2D eigenvalue weighted by Gasteiger charge is 2.11. The highest BCUT2D eigenvalue weighted by Crippen LogP contribution is 2.18. The molecule has 0 atom stereocenters. The molecule has 2 N–H and O–H groups in total. The van der Waals surface area contributed by atoms with Crippen LogP contribution in [0.3, 0.4) is 0 Å². The maximum atomic E-state index is 12.4. The fourth-order valence-corrected chi connectivity index (χ4v) is 2.43. The second-order valence-electron chi connectivity index (χ2n) is 5.71. The first-order valence-electron chi connectivity index (χ1n) is 7.87. The Morgan fingerprint density at radius 3 is 2.04 bits per heavy atom. The van der Waals surface area contributed by atoms with E-state index in [0.717, 1.165) is 11.1 Å². The minimum absolute atomic E-state index is 0.159. The van der Waals surface area contributed by atoms with Crippen LogP contribution in [0, 0.1) is 13.8 Å². The van der Waals surface area contributed by atoms with Gasteiger partial charge in [0, 0.05) is 16.9 Å². The van der Waals surface area contributed by atoms with Crippen molar-refractivity contribution in [2.45, 2.75) is 13.8 Å². The molecule has 0 saturated carbocycles. The SMILES string of the molecule is Cc1cccc(C(=O)Nc2ccc(NC(=O)c3ccco3)cc2)c1C. The number of hydrogen-bond acceptors (Lipinski definition) is 3. The van der Waals surface area contributed by atoms with E-state index in [9.17, 15) is 9.59 Å². The Labute approximate surface area is 145 Å². The molecule has 5 heteroatoms. The van der Waals surface area contributed by atoms with Crippen LogP contribution in [0.25, 0.3) is 0 Å². The van der Waals surface area contributed by atoms with Crippen molar-refractivity contribution in [1.82, 2.24) is 0 Å². The molecule has 1 aromatic heterocycles. The van der Waals surface area contributed by atoms with Gasteiger partial charge in [0.1, 0.15) is 0 Å². The van der Waals surface area contributed by atoms with Crippen LogP contribution in [-0.2, 0) is 0 Å². The molecule has 2 amide bonds. The zero-order valence-electron chi connectivity index (χ0n) is 14.0. The molecule has 0 fully saturated rings. The fourth-order valence-electron chi connectivity index (χ4n) is 2.43. The number of carbonyl (C=O) groups excluding carboxylic acids is 2. The number of anilines is 2. The van der Waals surface area contributed by atoms with E-state index in [4.69, 9.17) is 4.42 Å². The molecule has 126 valence electrons. The van der Waals surface area contributed by atoms with Crippen molar-refractivity contribution < 1.29 is 14.0 Å². The first-order chi connectivity index (χ1) is 12.0. The predicted octanol–water partition coefficient (Wildman–Crippen LogP) is 4.40. The molecule has 3 aromatic rings. The third-order valence-electron chi connectivity index (χ3n) is 3.99. The number of amides is 2. The molecular formula is C20H18N2O3. The van der Waals surface area contributed by atoms with Crippen molar-refractivity contribution in [3.63, 3.8) is 0 Å². The van der Waals surface area contributed by atoms with Gasteiger partial charge in [-0.2, -0.15) is 0 Å². The van der Waals surface area contributed by atoms with Gasteiger partial charge >= 0.3 is 0 Å². The third-order valence-corrected chi connectivity index (χ3v) is 3.99. The summed E-state index contributed by atoms with van der Waals surface area (Å²) >= 11 is 0. The van der Waals surface area contributed by atoms with Gasteiger partial charge in [0.05, 0.1) is 6.26 Å². The Balaban J connectivity index is 1.67. The maximum absolute atomic E-state index is 12.4. The van der Waals surface area contributed by atoms with Gasteiger partial charge in [0.25, 0.3) is 11.8 Å². The van der Waals surface area contributed by atoms with E-state index in [2.05, 4.69) is 10.6 Å². The third kappa shape index (κ3) is 3.77. The van der Waals surface area contributed by atoms with E-state index in [1.54, 1.807) is 42.5 Å². The lowest BCUT2D eigenvalue weighted by atomic mass is 10.0. The summed E-state index contributed by atoms with van der Waals surface area (Å²) in [6.45, 7) is 3.90. The second kappa shape index (κ2) is 7.05. The van der Waals surface area contributed by atoms with Crippen molar-refractivity contribution in [1.29, 1.82) is 0 Å². The predicted molar refractivity (Wildman–Crippen MR) is 97.0 cm³/mol. The van der Waals surface area contributed by atoms with Gasteiger partial charge in [-0.3, -0.25) is 9.59 Å². The van der Waals surface area contributed by atoms with Crippen LogP contribution in [0.2, 0.25) is 0 Å². The van der Waals surface area contributed by atoms with Gasteiger partial charge in [-0.05, 0) is 67.4 Å². The molecule has 0 radical (unpaired) electrons. The molecule has 0 saturated heterocycles. The summed E-state index contributed by atoms with van der Waals surface area (Å²) in [6.07, 6.45) is 1.45. The minimum Gasteiger partial charge on any atom is -0.459 e. The number of aryl methyl sites for hydroxylation is 1. The molecule has 0 aliphatic rings. The number of hydrogen-bond donors (Lipinski definition) is 2. The van der Waals surface area contributed by atoms with Gasteiger partial charge in [0.2, 0.25) is 0 Å². The average Bonchev–Trinajstić information content (AvgIpc) is 3.14. The van der Waals surface area contributed by atoms with Crippen molar-refractivity contribution >= 4 is 23.2 Å².